The second-order valence-electron chi connectivity index (χ2n) is 4.94. The molecule has 7 heteroatoms. The van der Waals surface area contributed by atoms with E-state index < -0.39 is 17.5 Å². The first-order valence-electron chi connectivity index (χ1n) is 5.71. The summed E-state index contributed by atoms with van der Waals surface area (Å²) in [5.74, 6) is -1.14. The molecule has 0 unspecified atom stereocenters. The minimum atomic E-state index is -1.38. The predicted octanol–water partition coefficient (Wildman–Crippen LogP) is -0.0790. The predicted molar refractivity (Wildman–Crippen MR) is 66.1 cm³/mol. The first kappa shape index (κ1) is 16.2. The summed E-state index contributed by atoms with van der Waals surface area (Å²) in [5, 5.41) is 16.0. The number of hydrogen-bond acceptors (Lipinski definition) is 3. The molecule has 0 spiro atoms. The number of nitrogens with one attached hydrogen (secondary N) is 3. The number of carboxylic acids is 1. The standard InChI is InChI=1S/C11H21N3O4/c1-7(2)5-12-8(15)6-13-10(18)14-11(3,4)9(16)17/h7H,5-6H2,1-4H3,(H,12,15)(H,16,17)(H2,13,14,18). The fourth-order valence-electron chi connectivity index (χ4n) is 0.923. The number of carboxylic acid groups (broad SMARTS) is 1. The van der Waals surface area contributed by atoms with Gasteiger partial charge in [-0.3, -0.25) is 4.79 Å². The summed E-state index contributed by atoms with van der Waals surface area (Å²) in [7, 11) is 0. The zero-order valence-electron chi connectivity index (χ0n) is 11.2. The Bertz CT molecular complexity index is 326. The van der Waals surface area contributed by atoms with Crippen LogP contribution in [0.3, 0.4) is 0 Å². The van der Waals surface area contributed by atoms with Crippen LogP contribution in [0.2, 0.25) is 0 Å². The molecule has 18 heavy (non-hydrogen) atoms. The number of rotatable bonds is 6. The number of carbonyl (C=O) groups is 3. The molecule has 3 amide bonds. The van der Waals surface area contributed by atoms with Crippen LogP contribution in [-0.4, -0.2) is 41.6 Å². The van der Waals surface area contributed by atoms with Crippen LogP contribution in [0.25, 0.3) is 0 Å². The zero-order valence-corrected chi connectivity index (χ0v) is 11.2. The van der Waals surface area contributed by atoms with Crippen LogP contribution >= 0.6 is 0 Å². The molecule has 0 aromatic carbocycles. The molecule has 0 rings (SSSR count). The van der Waals surface area contributed by atoms with Gasteiger partial charge in [0, 0.05) is 6.54 Å². The van der Waals surface area contributed by atoms with Gasteiger partial charge in [-0.1, -0.05) is 13.8 Å². The smallest absolute Gasteiger partial charge is 0.328 e. The van der Waals surface area contributed by atoms with Gasteiger partial charge < -0.3 is 21.1 Å². The Morgan fingerprint density at radius 3 is 2.17 bits per heavy atom. The van der Waals surface area contributed by atoms with E-state index in [0.29, 0.717) is 12.5 Å². The molecule has 0 bridgehead atoms. The maximum Gasteiger partial charge on any atom is 0.328 e. The third kappa shape index (κ3) is 6.72. The van der Waals surface area contributed by atoms with Crippen molar-refractivity contribution in [1.82, 2.24) is 16.0 Å². The summed E-state index contributed by atoms with van der Waals surface area (Å²) in [6.07, 6.45) is 0. The normalized spacial score (nSPS) is 10.9. The van der Waals surface area contributed by atoms with Gasteiger partial charge >= 0.3 is 12.0 Å². The van der Waals surface area contributed by atoms with Crippen LogP contribution < -0.4 is 16.0 Å². The molecule has 0 aliphatic heterocycles. The van der Waals surface area contributed by atoms with E-state index in [2.05, 4.69) is 16.0 Å². The average molecular weight is 259 g/mol. The Balaban J connectivity index is 3.97. The van der Waals surface area contributed by atoms with Crippen molar-refractivity contribution in [2.24, 2.45) is 5.92 Å². The fourth-order valence-corrected chi connectivity index (χ4v) is 0.923. The molecule has 0 saturated heterocycles. The largest absolute Gasteiger partial charge is 0.480 e. The molecule has 4 N–H and O–H groups in total. The Hall–Kier alpha value is -1.79. The molecule has 0 saturated carbocycles. The molecule has 104 valence electrons. The highest BCUT2D eigenvalue weighted by atomic mass is 16.4. The van der Waals surface area contributed by atoms with Crippen molar-refractivity contribution in [3.8, 4) is 0 Å². The Kier molecular flexibility index (Phi) is 6.15. The first-order chi connectivity index (χ1) is 8.15. The first-order valence-corrected chi connectivity index (χ1v) is 5.71. The van der Waals surface area contributed by atoms with Crippen LogP contribution in [0.1, 0.15) is 27.7 Å². The Morgan fingerprint density at radius 1 is 1.17 bits per heavy atom. The lowest BCUT2D eigenvalue weighted by molar-refractivity contribution is -0.142. The minimum absolute atomic E-state index is 0.186. The lowest BCUT2D eigenvalue weighted by Crippen LogP contribution is -2.54. The quantitative estimate of drug-likeness (QED) is 0.535. The van der Waals surface area contributed by atoms with E-state index in [1.54, 1.807) is 0 Å². The van der Waals surface area contributed by atoms with Gasteiger partial charge in [0.05, 0.1) is 6.54 Å². The molecule has 0 aromatic rings. The molecular formula is C11H21N3O4. The molecule has 0 aromatic heterocycles. The van der Waals surface area contributed by atoms with E-state index in [-0.39, 0.29) is 12.5 Å². The molecule has 0 aliphatic rings. The van der Waals surface area contributed by atoms with E-state index in [1.807, 2.05) is 13.8 Å². The Labute approximate surface area is 106 Å². The lowest BCUT2D eigenvalue weighted by Gasteiger charge is -2.21. The Morgan fingerprint density at radius 2 is 1.72 bits per heavy atom. The lowest BCUT2D eigenvalue weighted by atomic mass is 10.1. The van der Waals surface area contributed by atoms with Crippen molar-refractivity contribution < 1.29 is 19.5 Å². The summed E-state index contributed by atoms with van der Waals surface area (Å²) in [6.45, 7) is 6.96. The molecule has 0 fully saturated rings. The number of carbonyl (C=O) groups excluding carboxylic acids is 2. The van der Waals surface area contributed by atoms with Crippen molar-refractivity contribution in [3.63, 3.8) is 0 Å². The van der Waals surface area contributed by atoms with Crippen molar-refractivity contribution in [2.45, 2.75) is 33.2 Å². The number of hydrogen-bond donors (Lipinski definition) is 4. The van der Waals surface area contributed by atoms with E-state index in [4.69, 9.17) is 5.11 Å². The van der Waals surface area contributed by atoms with Crippen LogP contribution in [0, 0.1) is 5.92 Å². The summed E-state index contributed by atoms with van der Waals surface area (Å²) < 4.78 is 0. The second-order valence-corrected chi connectivity index (χ2v) is 4.94. The van der Waals surface area contributed by atoms with Gasteiger partial charge in [-0.15, -0.1) is 0 Å². The second kappa shape index (κ2) is 6.83. The zero-order chi connectivity index (χ0) is 14.3. The third-order valence-electron chi connectivity index (χ3n) is 2.08. The van der Waals surface area contributed by atoms with Gasteiger partial charge in [0.15, 0.2) is 0 Å². The number of amides is 3. The number of urea groups is 1. The van der Waals surface area contributed by atoms with E-state index in [0.717, 1.165) is 0 Å². The van der Waals surface area contributed by atoms with Crippen LogP contribution in [0.4, 0.5) is 4.79 Å². The monoisotopic (exact) mass is 259 g/mol. The third-order valence-corrected chi connectivity index (χ3v) is 2.08. The van der Waals surface area contributed by atoms with Crippen molar-refractivity contribution >= 4 is 17.9 Å². The van der Waals surface area contributed by atoms with Crippen molar-refractivity contribution in [3.05, 3.63) is 0 Å². The average Bonchev–Trinajstić information content (AvgIpc) is 2.22. The van der Waals surface area contributed by atoms with Gasteiger partial charge in [0.25, 0.3) is 0 Å². The summed E-state index contributed by atoms with van der Waals surface area (Å²) in [6, 6.07) is -0.693. The highest BCUT2D eigenvalue weighted by molar-refractivity contribution is 5.88. The van der Waals surface area contributed by atoms with Crippen LogP contribution in [0.15, 0.2) is 0 Å². The summed E-state index contributed by atoms with van der Waals surface area (Å²) >= 11 is 0. The minimum Gasteiger partial charge on any atom is -0.480 e. The summed E-state index contributed by atoms with van der Waals surface area (Å²) in [4.78, 5) is 33.4. The van der Waals surface area contributed by atoms with Crippen LogP contribution in [-0.2, 0) is 9.59 Å². The summed E-state index contributed by atoms with van der Waals surface area (Å²) in [5.41, 5.74) is -1.38. The number of aliphatic carboxylic acids is 1. The molecule has 0 heterocycles. The van der Waals surface area contributed by atoms with Gasteiger partial charge in [-0.2, -0.15) is 0 Å². The van der Waals surface area contributed by atoms with Gasteiger partial charge in [0.2, 0.25) is 5.91 Å². The van der Waals surface area contributed by atoms with Gasteiger partial charge in [-0.05, 0) is 19.8 Å². The maximum atomic E-state index is 11.3. The van der Waals surface area contributed by atoms with Crippen molar-refractivity contribution in [2.75, 3.05) is 13.1 Å². The maximum absolute atomic E-state index is 11.3. The van der Waals surface area contributed by atoms with E-state index in [1.165, 1.54) is 13.8 Å². The highest BCUT2D eigenvalue weighted by Gasteiger charge is 2.28. The SMILES string of the molecule is CC(C)CNC(=O)CNC(=O)NC(C)(C)C(=O)O. The topological polar surface area (TPSA) is 108 Å². The van der Waals surface area contributed by atoms with Gasteiger partial charge in [0.1, 0.15) is 5.54 Å². The molecular weight excluding hydrogens is 238 g/mol. The fraction of sp³-hybridized carbons (Fsp3) is 0.727. The molecule has 0 atom stereocenters. The van der Waals surface area contributed by atoms with E-state index >= 15 is 0 Å². The molecule has 0 radical (unpaired) electrons. The molecule has 7 nitrogen and oxygen atoms in total. The molecule has 0 aliphatic carbocycles. The van der Waals surface area contributed by atoms with Crippen molar-refractivity contribution in [1.29, 1.82) is 0 Å². The highest BCUT2D eigenvalue weighted by Crippen LogP contribution is 2.00. The van der Waals surface area contributed by atoms with Gasteiger partial charge in [-0.25, -0.2) is 9.59 Å². The van der Waals surface area contributed by atoms with E-state index in [9.17, 15) is 14.4 Å². The van der Waals surface area contributed by atoms with Crippen LogP contribution in [0.5, 0.6) is 0 Å².